The maximum atomic E-state index is 12.8. The van der Waals surface area contributed by atoms with Crippen LogP contribution in [0.4, 0.5) is 4.79 Å². The van der Waals surface area contributed by atoms with Gasteiger partial charge >= 0.3 is 6.03 Å². The summed E-state index contributed by atoms with van der Waals surface area (Å²) >= 11 is 1.90. The van der Waals surface area contributed by atoms with E-state index >= 15 is 0 Å². The molecule has 11 nitrogen and oxygen atoms in total. The molecule has 12 heteroatoms. The molecule has 3 amide bonds. The van der Waals surface area contributed by atoms with Crippen LogP contribution in [0.3, 0.4) is 0 Å². The number of pyridine rings is 5. The molecule has 2 fully saturated rings. The Kier molecular flexibility index (Phi) is 10.9. The molecular formula is C39H40N8O3S. The molecule has 0 aromatic carbocycles. The molecule has 0 aliphatic carbocycles. The van der Waals surface area contributed by atoms with E-state index in [9.17, 15) is 9.59 Å². The molecule has 2 aliphatic heterocycles. The third-order valence-electron chi connectivity index (χ3n) is 9.14. The standard InChI is InChI=1S/C39H40N8O3S/c48-36(20-2-1-16-32-37-31(26-51-32)46-38(49)47-37)43-24-11-25-50-39(33-17-5-8-23-42-33,34-18-9-14-29(44-34)27-12-3-6-21-40-27)35-19-10-15-30(45-35)28-13-4-7-22-41-28/h3-10,12-15,17-19,21-23,31-32,37H,1-2,11,16,20,24-26H2,(H,43,48)(H2,46,47,49)/t31-,32-,37-/m0/s1. The molecule has 0 spiro atoms. The second-order valence-electron chi connectivity index (χ2n) is 12.6. The van der Waals surface area contributed by atoms with Gasteiger partial charge in [-0.25, -0.2) is 14.8 Å². The lowest BCUT2D eigenvalue weighted by Gasteiger charge is -2.33. The summed E-state index contributed by atoms with van der Waals surface area (Å²) in [7, 11) is 0. The van der Waals surface area contributed by atoms with Gasteiger partial charge in [-0.2, -0.15) is 11.8 Å². The Balaban J connectivity index is 1.07. The molecule has 2 aliphatic rings. The van der Waals surface area contributed by atoms with Crippen LogP contribution >= 0.6 is 11.8 Å². The fourth-order valence-electron chi connectivity index (χ4n) is 6.65. The number of hydrogen-bond acceptors (Lipinski definition) is 9. The first-order chi connectivity index (χ1) is 25.1. The number of carbonyl (C=O) groups excluding carboxylic acids is 2. The highest BCUT2D eigenvalue weighted by atomic mass is 32.2. The summed E-state index contributed by atoms with van der Waals surface area (Å²) in [5, 5.41) is 9.48. The van der Waals surface area contributed by atoms with Crippen LogP contribution in [0.2, 0.25) is 0 Å². The Labute approximate surface area is 301 Å². The highest BCUT2D eigenvalue weighted by molar-refractivity contribution is 8.00. The highest BCUT2D eigenvalue weighted by Gasteiger charge is 2.43. The van der Waals surface area contributed by atoms with Crippen molar-refractivity contribution in [1.29, 1.82) is 0 Å². The number of thioether (sulfide) groups is 1. The zero-order valence-corrected chi connectivity index (χ0v) is 29.0. The van der Waals surface area contributed by atoms with Crippen molar-refractivity contribution in [1.82, 2.24) is 40.9 Å². The van der Waals surface area contributed by atoms with Crippen LogP contribution in [-0.2, 0) is 15.1 Å². The van der Waals surface area contributed by atoms with Crippen LogP contribution in [-0.4, -0.2) is 73.1 Å². The van der Waals surface area contributed by atoms with Crippen LogP contribution in [0.25, 0.3) is 22.8 Å². The van der Waals surface area contributed by atoms with Gasteiger partial charge in [-0.15, -0.1) is 0 Å². The molecule has 5 aromatic rings. The number of nitrogens with one attached hydrogen (secondary N) is 3. The zero-order chi connectivity index (χ0) is 34.9. The van der Waals surface area contributed by atoms with Gasteiger partial charge in [0.2, 0.25) is 5.91 Å². The Morgan fingerprint density at radius 3 is 2.00 bits per heavy atom. The largest absolute Gasteiger partial charge is 0.356 e. The van der Waals surface area contributed by atoms with Gasteiger partial charge in [0.15, 0.2) is 5.60 Å². The van der Waals surface area contributed by atoms with Gasteiger partial charge in [-0.3, -0.25) is 19.7 Å². The van der Waals surface area contributed by atoms with Gasteiger partial charge in [0.1, 0.15) is 0 Å². The molecule has 0 unspecified atom stereocenters. The van der Waals surface area contributed by atoms with Gasteiger partial charge in [0, 0.05) is 42.6 Å². The Hall–Kier alpha value is -5.20. The maximum absolute atomic E-state index is 12.8. The van der Waals surface area contributed by atoms with Crippen molar-refractivity contribution in [3.05, 3.63) is 127 Å². The van der Waals surface area contributed by atoms with Crippen LogP contribution < -0.4 is 16.0 Å². The highest BCUT2D eigenvalue weighted by Crippen LogP contribution is 2.39. The number of unbranched alkanes of at least 4 members (excludes halogenated alkanes) is 1. The minimum atomic E-state index is -1.29. The topological polar surface area (TPSA) is 144 Å². The zero-order valence-electron chi connectivity index (χ0n) is 28.2. The van der Waals surface area contributed by atoms with E-state index in [0.717, 1.165) is 36.4 Å². The minimum absolute atomic E-state index is 0.0215. The van der Waals surface area contributed by atoms with E-state index in [0.29, 0.717) is 59.7 Å². The molecule has 0 radical (unpaired) electrons. The summed E-state index contributed by atoms with van der Waals surface area (Å²) in [4.78, 5) is 48.5. The number of aromatic nitrogens is 5. The number of fused-ring (bicyclic) bond motifs is 1. The molecule has 260 valence electrons. The van der Waals surface area contributed by atoms with E-state index < -0.39 is 5.60 Å². The van der Waals surface area contributed by atoms with Crippen molar-refractivity contribution in [3.8, 4) is 22.8 Å². The summed E-state index contributed by atoms with van der Waals surface area (Å²) in [6.45, 7) is 0.753. The first-order valence-corrected chi connectivity index (χ1v) is 18.4. The normalized spacial score (nSPS) is 18.1. The average molecular weight is 701 g/mol. The first kappa shape index (κ1) is 34.3. The summed E-state index contributed by atoms with van der Waals surface area (Å²) in [5.74, 6) is 0.962. The third kappa shape index (κ3) is 7.92. The lowest BCUT2D eigenvalue weighted by Crippen LogP contribution is -2.37. The van der Waals surface area contributed by atoms with E-state index in [-0.39, 0.29) is 24.0 Å². The van der Waals surface area contributed by atoms with Crippen molar-refractivity contribution >= 4 is 23.7 Å². The molecule has 2 saturated heterocycles. The van der Waals surface area contributed by atoms with Crippen molar-refractivity contribution < 1.29 is 14.3 Å². The number of rotatable bonds is 15. The molecular weight excluding hydrogens is 661 g/mol. The van der Waals surface area contributed by atoms with Crippen molar-refractivity contribution in [2.24, 2.45) is 0 Å². The van der Waals surface area contributed by atoms with E-state index in [1.807, 2.05) is 103 Å². The van der Waals surface area contributed by atoms with Gasteiger partial charge in [-0.05, 0) is 79.9 Å². The summed E-state index contributed by atoms with van der Waals surface area (Å²) < 4.78 is 6.93. The van der Waals surface area contributed by atoms with Crippen LogP contribution in [0.15, 0.2) is 110 Å². The van der Waals surface area contributed by atoms with Crippen LogP contribution in [0.1, 0.15) is 49.2 Å². The van der Waals surface area contributed by atoms with E-state index in [1.54, 1.807) is 18.6 Å². The SMILES string of the molecule is O=C(CCCC[C@@H]1SC[C@@H]2NC(=O)N[C@@H]21)NCCCOC(c1ccccn1)(c1cccc(-c2ccccn2)n1)c1cccc(-c2ccccn2)n1. The number of carbonyl (C=O) groups is 2. The lowest BCUT2D eigenvalue weighted by molar-refractivity contribution is -0.121. The fourth-order valence-corrected chi connectivity index (χ4v) is 8.19. The Morgan fingerprint density at radius 1 is 0.745 bits per heavy atom. The van der Waals surface area contributed by atoms with Gasteiger partial charge < -0.3 is 20.7 Å². The van der Waals surface area contributed by atoms with E-state index in [2.05, 4.69) is 25.9 Å². The number of nitrogens with zero attached hydrogens (tertiary/aromatic N) is 5. The van der Waals surface area contributed by atoms with Crippen LogP contribution in [0, 0.1) is 0 Å². The molecule has 0 bridgehead atoms. The van der Waals surface area contributed by atoms with Crippen molar-refractivity contribution in [3.63, 3.8) is 0 Å². The number of ether oxygens (including phenoxy) is 1. The summed E-state index contributed by atoms with van der Waals surface area (Å²) in [5.41, 5.74) is 3.43. The number of urea groups is 1. The first-order valence-electron chi connectivity index (χ1n) is 17.4. The lowest BCUT2D eigenvalue weighted by atomic mass is 9.88. The summed E-state index contributed by atoms with van der Waals surface area (Å²) in [6.07, 6.45) is 8.98. The minimum Gasteiger partial charge on any atom is -0.356 e. The molecule has 3 atom stereocenters. The van der Waals surface area contributed by atoms with Crippen molar-refractivity contribution in [2.75, 3.05) is 18.9 Å². The molecule has 5 aromatic heterocycles. The second kappa shape index (κ2) is 16.2. The second-order valence-corrected chi connectivity index (χ2v) is 13.8. The smallest absolute Gasteiger partial charge is 0.315 e. The third-order valence-corrected chi connectivity index (χ3v) is 10.7. The Bertz CT molecular complexity index is 1840. The molecule has 7 rings (SSSR count). The molecule has 51 heavy (non-hydrogen) atoms. The maximum Gasteiger partial charge on any atom is 0.315 e. The Morgan fingerprint density at radius 2 is 1.37 bits per heavy atom. The molecule has 0 saturated carbocycles. The number of amides is 3. The predicted molar refractivity (Wildman–Crippen MR) is 197 cm³/mol. The van der Waals surface area contributed by atoms with E-state index in [1.165, 1.54) is 0 Å². The van der Waals surface area contributed by atoms with Crippen molar-refractivity contribution in [2.45, 2.75) is 55.0 Å². The monoisotopic (exact) mass is 700 g/mol. The predicted octanol–water partition coefficient (Wildman–Crippen LogP) is 5.54. The van der Waals surface area contributed by atoms with E-state index in [4.69, 9.17) is 19.7 Å². The average Bonchev–Trinajstić information content (AvgIpc) is 3.75. The van der Waals surface area contributed by atoms with Gasteiger partial charge in [-0.1, -0.05) is 36.8 Å². The van der Waals surface area contributed by atoms with Crippen LogP contribution in [0.5, 0.6) is 0 Å². The molecule has 3 N–H and O–H groups in total. The molecule has 7 heterocycles. The number of hydrogen-bond donors (Lipinski definition) is 3. The van der Waals surface area contributed by atoms with Gasteiger partial charge in [0.05, 0.1) is 58.5 Å². The van der Waals surface area contributed by atoms with Gasteiger partial charge in [0.25, 0.3) is 0 Å². The quantitative estimate of drug-likeness (QED) is 0.0948. The summed E-state index contributed by atoms with van der Waals surface area (Å²) in [6, 6.07) is 29.1. The fraction of sp³-hybridized carbons (Fsp3) is 0.308.